The van der Waals surface area contributed by atoms with E-state index in [0.717, 1.165) is 21.9 Å². The number of carboxylic acids is 1. The Hall–Kier alpha value is -5.98. The number of esters is 1. The highest BCUT2D eigenvalue weighted by Gasteiger charge is 2.45. The Labute approximate surface area is 338 Å². The van der Waals surface area contributed by atoms with Crippen molar-refractivity contribution in [1.82, 2.24) is 14.8 Å². The number of nitrogens with two attached hydrogens (primary N) is 1. The second-order valence-electron chi connectivity index (χ2n) is 12.4. The number of ether oxygens (including phenoxy) is 1. The van der Waals surface area contributed by atoms with Gasteiger partial charge in [0.1, 0.15) is 10.7 Å². The molecule has 0 fully saturated rings. The number of alkyl halides is 3. The number of carboxylic acid groups (broad SMARTS) is 1. The second kappa shape index (κ2) is 18.1. The topological polar surface area (TPSA) is 213 Å². The Morgan fingerprint density at radius 3 is 2.05 bits per heavy atom. The van der Waals surface area contributed by atoms with E-state index in [-0.39, 0.29) is 32.8 Å². The number of sulfone groups is 1. The summed E-state index contributed by atoms with van der Waals surface area (Å²) in [6.07, 6.45) is -3.71. The summed E-state index contributed by atoms with van der Waals surface area (Å²) in [6, 6.07) is 22.7. The molecule has 0 amide bonds. The molecule has 0 saturated heterocycles. The minimum atomic E-state index is -4.76. The highest BCUT2D eigenvalue weighted by molar-refractivity contribution is 7.90. The Morgan fingerprint density at radius 2 is 1.59 bits per heavy atom. The fraction of sp³-hybridized carbons (Fsp3) is 0.211. The van der Waals surface area contributed by atoms with Crippen molar-refractivity contribution in [3.05, 3.63) is 145 Å². The van der Waals surface area contributed by atoms with Crippen molar-refractivity contribution in [3.63, 3.8) is 0 Å². The number of oxime groups is 1. The van der Waals surface area contributed by atoms with Gasteiger partial charge in [-0.05, 0) is 38.1 Å². The lowest BCUT2D eigenvalue weighted by atomic mass is 9.82. The molecule has 0 spiro atoms. The smallest absolute Gasteiger partial charge is 0.416 e. The number of pyridine rings is 1. The highest BCUT2D eigenvalue weighted by atomic mass is 35.5. The maximum absolute atomic E-state index is 12.8. The quantitative estimate of drug-likeness (QED) is 0.0857. The summed E-state index contributed by atoms with van der Waals surface area (Å²) in [7, 11) is -2.77. The zero-order chi connectivity index (χ0) is 43.2. The lowest BCUT2D eigenvalue weighted by Gasteiger charge is -2.27. The maximum Gasteiger partial charge on any atom is 0.416 e. The van der Waals surface area contributed by atoms with Crippen molar-refractivity contribution in [1.29, 1.82) is 0 Å². The fourth-order valence-electron chi connectivity index (χ4n) is 5.59. The fourth-order valence-corrected chi connectivity index (χ4v) is 6.87. The van der Waals surface area contributed by atoms with Crippen LogP contribution >= 0.6 is 23.2 Å². The number of hydrogen-bond acceptors (Lipinski definition) is 11. The van der Waals surface area contributed by atoms with Crippen LogP contribution in [0.3, 0.4) is 0 Å². The van der Waals surface area contributed by atoms with Crippen LogP contribution in [0.4, 0.5) is 18.9 Å². The number of nitrogens with zero attached hydrogens (tertiary/aromatic N) is 3. The number of H-pyrrole nitrogens is 1. The molecule has 6 rings (SSSR count). The molecule has 0 radical (unpaired) electrons. The molecule has 0 aliphatic carbocycles. The molecule has 3 heterocycles. The van der Waals surface area contributed by atoms with E-state index in [1.165, 1.54) is 20.0 Å². The largest absolute Gasteiger partial charge is 0.476 e. The van der Waals surface area contributed by atoms with Crippen LogP contribution in [0.15, 0.2) is 99.8 Å². The van der Waals surface area contributed by atoms with Crippen LogP contribution < -0.4 is 11.3 Å². The van der Waals surface area contributed by atoms with Crippen molar-refractivity contribution in [2.45, 2.75) is 36.9 Å². The lowest BCUT2D eigenvalue weighted by molar-refractivity contribution is -0.138. The number of rotatable bonds is 8. The van der Waals surface area contributed by atoms with E-state index in [0.29, 0.717) is 37.1 Å². The van der Waals surface area contributed by atoms with E-state index in [9.17, 15) is 40.8 Å². The summed E-state index contributed by atoms with van der Waals surface area (Å²) in [4.78, 5) is 55.4. The summed E-state index contributed by atoms with van der Waals surface area (Å²) in [5.41, 5.74) is 4.07. The van der Waals surface area contributed by atoms with Crippen LogP contribution in [-0.2, 0) is 43.0 Å². The molecule has 2 aromatic heterocycles. The molecule has 0 unspecified atom stereocenters. The molecule has 1 aliphatic heterocycles. The van der Waals surface area contributed by atoms with Crippen molar-refractivity contribution < 1.29 is 50.7 Å². The summed E-state index contributed by atoms with van der Waals surface area (Å²) >= 11 is 11.0. The van der Waals surface area contributed by atoms with Crippen LogP contribution in [0.1, 0.15) is 62.1 Å². The molecule has 0 saturated carbocycles. The van der Waals surface area contributed by atoms with Crippen molar-refractivity contribution in [2.24, 2.45) is 12.2 Å². The molecule has 14 nitrogen and oxygen atoms in total. The number of ketones is 1. The van der Waals surface area contributed by atoms with E-state index < -0.39 is 60.9 Å². The van der Waals surface area contributed by atoms with Gasteiger partial charge in [0.25, 0.3) is 5.56 Å². The first-order valence-corrected chi connectivity index (χ1v) is 19.4. The number of aromatic nitrogens is 3. The molecule has 58 heavy (non-hydrogen) atoms. The summed E-state index contributed by atoms with van der Waals surface area (Å²) in [6.45, 7) is 3.52. The number of anilines is 1. The van der Waals surface area contributed by atoms with Crippen molar-refractivity contribution >= 4 is 62.2 Å². The molecule has 1 aliphatic rings. The predicted molar refractivity (Wildman–Crippen MR) is 208 cm³/mol. The molecule has 3 aromatic carbocycles. The number of hydrogen-bond donors (Lipinski definition) is 3. The zero-order valence-corrected chi connectivity index (χ0v) is 33.3. The molecular weight excluding hydrogens is 830 g/mol. The predicted octanol–water partition coefficient (Wildman–Crippen LogP) is 6.61. The molecule has 0 bridgehead atoms. The van der Waals surface area contributed by atoms with E-state index in [1.54, 1.807) is 6.92 Å². The number of aromatic carboxylic acids is 1. The molecule has 4 N–H and O–H groups in total. The van der Waals surface area contributed by atoms with Gasteiger partial charge in [-0.1, -0.05) is 89.0 Å². The molecule has 0 atom stereocenters. The minimum Gasteiger partial charge on any atom is -0.476 e. The monoisotopic (exact) mass is 863 g/mol. The van der Waals surface area contributed by atoms with Gasteiger partial charge in [-0.25, -0.2) is 23.0 Å². The van der Waals surface area contributed by atoms with Gasteiger partial charge < -0.3 is 20.4 Å². The SMILES string of the molecule is CCOC(=O)C1=NOC(c2ccccc2)(c2ccccc2)C1.Cc1[nH]n(C)c(=O)c1C(=O)c1ccc(C(F)(F)F)cc1S(C)(=O)=O.Nc1cc(Cl)nc(C(=O)O)c1Cl. The average molecular weight is 865 g/mol. The number of nitrogens with one attached hydrogen (secondary N) is 1. The van der Waals surface area contributed by atoms with Gasteiger partial charge in [-0.15, -0.1) is 0 Å². The first-order chi connectivity index (χ1) is 27.1. The standard InChI is InChI=1S/C18H17NO3.C14H13F3N2O4S.C6H4Cl2N2O2/c1-2-21-17(20)16-13-18(22-19-16,14-9-5-3-6-10-14)15-11-7-4-8-12-15;1-7-11(13(21)19(2)18-7)12(20)9-5-4-8(14(15,16)17)6-10(9)24(3,22)23;7-3-1-2(9)4(8)5(10-3)6(11)12/h3-12H,2,13H2,1H3;4-6,18H,1-3H3;1H,(H2,9,10)(H,11,12). The number of halogens is 5. The second-order valence-corrected chi connectivity index (χ2v) is 15.1. The molecule has 20 heteroatoms. The molecule has 306 valence electrons. The van der Waals surface area contributed by atoms with Crippen LogP contribution in [-0.4, -0.2) is 64.6 Å². The minimum absolute atomic E-state index is 0.00861. The van der Waals surface area contributed by atoms with Gasteiger partial charge >= 0.3 is 18.1 Å². The van der Waals surface area contributed by atoms with Gasteiger partial charge in [-0.2, -0.15) is 13.2 Å². The number of benzene rings is 3. The Kier molecular flexibility index (Phi) is 13.9. The number of aromatic amines is 1. The molecule has 5 aromatic rings. The number of carbonyl (C=O) groups is 3. The Morgan fingerprint density at radius 1 is 1.02 bits per heavy atom. The third-order valence-electron chi connectivity index (χ3n) is 8.29. The van der Waals surface area contributed by atoms with Crippen LogP contribution in [0.5, 0.6) is 0 Å². The first-order valence-electron chi connectivity index (χ1n) is 16.7. The molecular formula is C38H34Cl2F3N5O9S. The average Bonchev–Trinajstić information content (AvgIpc) is 3.74. The number of carbonyl (C=O) groups excluding carboxylic acids is 2. The van der Waals surface area contributed by atoms with Gasteiger partial charge in [0.2, 0.25) is 5.78 Å². The van der Waals surface area contributed by atoms with E-state index in [4.69, 9.17) is 43.6 Å². The van der Waals surface area contributed by atoms with Crippen molar-refractivity contribution in [2.75, 3.05) is 18.6 Å². The summed E-state index contributed by atoms with van der Waals surface area (Å²) in [5.74, 6) is -2.63. The summed E-state index contributed by atoms with van der Waals surface area (Å²) < 4.78 is 68.1. The number of nitrogen functional groups attached to an aromatic ring is 1. The highest BCUT2D eigenvalue weighted by Crippen LogP contribution is 2.41. The van der Waals surface area contributed by atoms with Gasteiger partial charge in [0.15, 0.2) is 26.8 Å². The first kappa shape index (κ1) is 44.7. The van der Waals surface area contributed by atoms with Crippen molar-refractivity contribution in [3.8, 4) is 0 Å². The third kappa shape index (κ3) is 10.1. The third-order valence-corrected chi connectivity index (χ3v) is 10.0. The summed E-state index contributed by atoms with van der Waals surface area (Å²) in [5, 5.41) is 15.0. The number of aryl methyl sites for hydroxylation is 2. The van der Waals surface area contributed by atoms with E-state index >= 15 is 0 Å². The normalized spacial score (nSPS) is 13.2. The van der Waals surface area contributed by atoms with E-state index in [1.807, 2.05) is 60.7 Å². The Balaban J connectivity index is 0.000000203. The lowest BCUT2D eigenvalue weighted by Crippen LogP contribution is -2.29. The van der Waals surface area contributed by atoms with Gasteiger partial charge in [0, 0.05) is 35.7 Å². The van der Waals surface area contributed by atoms with Crippen LogP contribution in [0.25, 0.3) is 0 Å². The zero-order valence-electron chi connectivity index (χ0n) is 30.9. The van der Waals surface area contributed by atoms with E-state index in [2.05, 4.69) is 15.2 Å². The Bertz CT molecular complexity index is 2510. The van der Waals surface area contributed by atoms with Gasteiger partial charge in [-0.3, -0.25) is 19.4 Å². The van der Waals surface area contributed by atoms with Gasteiger partial charge in [0.05, 0.1) is 34.2 Å². The van der Waals surface area contributed by atoms with Crippen LogP contribution in [0, 0.1) is 6.92 Å². The maximum atomic E-state index is 12.8. The van der Waals surface area contributed by atoms with Crippen LogP contribution in [0.2, 0.25) is 10.2 Å².